The quantitative estimate of drug-likeness (QED) is 0.558. The molecule has 1 nitrogen and oxygen atoms in total. The number of fused-ring (bicyclic) bond motifs is 1. The monoisotopic (exact) mass is 269 g/mol. The first-order chi connectivity index (χ1) is 9.86. The molecule has 0 saturated heterocycles. The van der Waals surface area contributed by atoms with Crippen LogP contribution in [0, 0.1) is 6.92 Å². The van der Waals surface area contributed by atoms with E-state index in [1.165, 1.54) is 35.6 Å². The average Bonchev–Trinajstić information content (AvgIpc) is 2.51. The largest absolute Gasteiger partial charge is 0.374 e. The Morgan fingerprint density at radius 3 is 2.60 bits per heavy atom. The zero-order valence-electron chi connectivity index (χ0n) is 12.5. The van der Waals surface area contributed by atoms with Gasteiger partial charge in [-0.3, -0.25) is 0 Å². The lowest BCUT2D eigenvalue weighted by Gasteiger charge is -2.18. The third-order valence-corrected chi connectivity index (χ3v) is 3.75. The first kappa shape index (κ1) is 15.1. The van der Waals surface area contributed by atoms with Gasteiger partial charge in [-0.15, -0.1) is 0 Å². The van der Waals surface area contributed by atoms with Gasteiger partial charge in [0.05, 0.1) is 6.10 Å². The molecule has 0 bridgehead atoms. The maximum Gasteiger partial charge on any atom is 0.0830 e. The molecule has 0 aromatic heterocycles. The minimum absolute atomic E-state index is 0.114. The number of benzene rings is 2. The molecule has 1 unspecified atom stereocenters. The molecule has 2 aromatic rings. The molecule has 20 heavy (non-hydrogen) atoms. The van der Waals surface area contributed by atoms with Crippen LogP contribution in [0.1, 0.15) is 50.7 Å². The second kappa shape index (κ2) is 8.06. The van der Waals surface area contributed by atoms with Gasteiger partial charge in [-0.05, 0) is 29.2 Å². The highest BCUT2D eigenvalue weighted by Gasteiger charge is 2.12. The maximum absolute atomic E-state index is 6.07. The lowest BCUT2D eigenvalue weighted by atomic mass is 9.99. The standard InChI is InChI=1S/C19H25O/c1-3-5-6-9-15-20-19(4-2)18-14-10-12-16-11-7-8-13-17(16)18/h7-8,10-14,19H,2-6,9,15H2,1H3. The van der Waals surface area contributed by atoms with Crippen molar-refractivity contribution < 1.29 is 4.74 Å². The normalized spacial score (nSPS) is 12.7. The van der Waals surface area contributed by atoms with E-state index in [0.29, 0.717) is 0 Å². The molecule has 0 saturated carbocycles. The van der Waals surface area contributed by atoms with Gasteiger partial charge in [0, 0.05) is 6.61 Å². The molecule has 0 aliphatic carbocycles. The molecule has 2 aromatic carbocycles. The number of hydrogen-bond donors (Lipinski definition) is 0. The summed E-state index contributed by atoms with van der Waals surface area (Å²) in [7, 11) is 0. The number of ether oxygens (including phenoxy) is 1. The highest BCUT2D eigenvalue weighted by molar-refractivity contribution is 5.85. The molecule has 0 heterocycles. The molecule has 1 heteroatoms. The summed E-state index contributed by atoms with van der Waals surface area (Å²) in [6.07, 6.45) is 5.87. The molecule has 0 aliphatic rings. The minimum Gasteiger partial charge on any atom is -0.374 e. The van der Waals surface area contributed by atoms with E-state index in [4.69, 9.17) is 4.74 Å². The molecular weight excluding hydrogens is 244 g/mol. The topological polar surface area (TPSA) is 9.23 Å². The zero-order chi connectivity index (χ0) is 14.2. The van der Waals surface area contributed by atoms with Crippen LogP contribution in [0.25, 0.3) is 10.8 Å². The van der Waals surface area contributed by atoms with Crippen molar-refractivity contribution in [1.82, 2.24) is 0 Å². The third kappa shape index (κ3) is 3.83. The molecule has 1 radical (unpaired) electrons. The van der Waals surface area contributed by atoms with Crippen LogP contribution in [0.3, 0.4) is 0 Å². The van der Waals surface area contributed by atoms with Crippen molar-refractivity contribution in [2.75, 3.05) is 6.61 Å². The predicted molar refractivity (Wildman–Crippen MR) is 86.8 cm³/mol. The SMILES string of the molecule is [CH2]CC(OCCCCCC)c1cccc2ccccc12. The van der Waals surface area contributed by atoms with Gasteiger partial charge in [-0.1, -0.05) is 75.6 Å². The lowest BCUT2D eigenvalue weighted by Crippen LogP contribution is -2.05. The molecule has 0 N–H and O–H groups in total. The Morgan fingerprint density at radius 1 is 1.00 bits per heavy atom. The van der Waals surface area contributed by atoms with Crippen LogP contribution >= 0.6 is 0 Å². The van der Waals surface area contributed by atoms with Crippen LogP contribution in [-0.4, -0.2) is 6.61 Å². The second-order valence-corrected chi connectivity index (χ2v) is 5.28. The Hall–Kier alpha value is -1.34. The van der Waals surface area contributed by atoms with Gasteiger partial charge in [0.15, 0.2) is 0 Å². The van der Waals surface area contributed by atoms with Gasteiger partial charge >= 0.3 is 0 Å². The average molecular weight is 269 g/mol. The highest BCUT2D eigenvalue weighted by Crippen LogP contribution is 2.28. The Labute approximate surface area is 123 Å². The summed E-state index contributed by atoms with van der Waals surface area (Å²) in [5.74, 6) is 0. The Kier molecular flexibility index (Phi) is 6.07. The fourth-order valence-electron chi connectivity index (χ4n) is 2.61. The first-order valence-electron chi connectivity index (χ1n) is 7.75. The van der Waals surface area contributed by atoms with E-state index in [9.17, 15) is 0 Å². The molecule has 0 amide bonds. The second-order valence-electron chi connectivity index (χ2n) is 5.28. The maximum atomic E-state index is 6.07. The van der Waals surface area contributed by atoms with E-state index >= 15 is 0 Å². The van der Waals surface area contributed by atoms with Gasteiger partial charge in [-0.2, -0.15) is 0 Å². The van der Waals surface area contributed by atoms with Crippen molar-refractivity contribution in [3.8, 4) is 0 Å². The molecular formula is C19H25O. The van der Waals surface area contributed by atoms with Gasteiger partial charge in [0.25, 0.3) is 0 Å². The molecule has 1 atom stereocenters. The van der Waals surface area contributed by atoms with Crippen molar-refractivity contribution in [2.24, 2.45) is 0 Å². The van der Waals surface area contributed by atoms with Crippen molar-refractivity contribution in [2.45, 2.75) is 45.1 Å². The Morgan fingerprint density at radius 2 is 1.80 bits per heavy atom. The summed E-state index contributed by atoms with van der Waals surface area (Å²) >= 11 is 0. The molecule has 2 rings (SSSR count). The molecule has 0 spiro atoms. The van der Waals surface area contributed by atoms with Crippen LogP contribution in [0.15, 0.2) is 42.5 Å². The zero-order valence-corrected chi connectivity index (χ0v) is 12.5. The van der Waals surface area contributed by atoms with Crippen LogP contribution in [0.4, 0.5) is 0 Å². The van der Waals surface area contributed by atoms with Crippen molar-refractivity contribution >= 4 is 10.8 Å². The third-order valence-electron chi connectivity index (χ3n) is 3.75. The minimum atomic E-state index is 0.114. The van der Waals surface area contributed by atoms with E-state index in [2.05, 4.69) is 56.3 Å². The number of rotatable bonds is 8. The lowest BCUT2D eigenvalue weighted by molar-refractivity contribution is 0.0524. The number of unbranched alkanes of at least 4 members (excludes halogenated alkanes) is 3. The summed E-state index contributed by atoms with van der Waals surface area (Å²) < 4.78 is 6.07. The predicted octanol–water partition coefficient (Wildman–Crippen LogP) is 5.70. The van der Waals surface area contributed by atoms with E-state index in [0.717, 1.165) is 19.4 Å². The van der Waals surface area contributed by atoms with E-state index < -0.39 is 0 Å². The fourth-order valence-corrected chi connectivity index (χ4v) is 2.61. The van der Waals surface area contributed by atoms with Crippen molar-refractivity contribution in [3.05, 3.63) is 55.0 Å². The van der Waals surface area contributed by atoms with Crippen LogP contribution in [-0.2, 0) is 4.74 Å². The van der Waals surface area contributed by atoms with Gasteiger partial charge in [0.2, 0.25) is 0 Å². The fraction of sp³-hybridized carbons (Fsp3) is 0.421. The summed E-state index contributed by atoms with van der Waals surface area (Å²) in [4.78, 5) is 0. The summed E-state index contributed by atoms with van der Waals surface area (Å²) in [5.41, 5.74) is 1.27. The summed E-state index contributed by atoms with van der Waals surface area (Å²) in [6.45, 7) is 7.13. The highest BCUT2D eigenvalue weighted by atomic mass is 16.5. The van der Waals surface area contributed by atoms with Gasteiger partial charge < -0.3 is 4.74 Å². The van der Waals surface area contributed by atoms with Crippen molar-refractivity contribution in [3.63, 3.8) is 0 Å². The Balaban J connectivity index is 2.05. The Bertz CT molecular complexity index is 513. The summed E-state index contributed by atoms with van der Waals surface area (Å²) in [6, 6.07) is 14.9. The molecule has 107 valence electrons. The van der Waals surface area contributed by atoms with Crippen molar-refractivity contribution in [1.29, 1.82) is 0 Å². The summed E-state index contributed by atoms with van der Waals surface area (Å²) in [5, 5.41) is 2.57. The first-order valence-corrected chi connectivity index (χ1v) is 7.75. The van der Waals surface area contributed by atoms with Gasteiger partial charge in [0.1, 0.15) is 0 Å². The van der Waals surface area contributed by atoms with Gasteiger partial charge in [-0.25, -0.2) is 0 Å². The molecule has 0 aliphatic heterocycles. The van der Waals surface area contributed by atoms with E-state index in [-0.39, 0.29) is 6.10 Å². The van der Waals surface area contributed by atoms with E-state index in [1.54, 1.807) is 0 Å². The smallest absolute Gasteiger partial charge is 0.0830 e. The van der Waals surface area contributed by atoms with E-state index in [1.807, 2.05) is 0 Å². The molecule has 0 fully saturated rings. The van der Waals surface area contributed by atoms with Crippen LogP contribution < -0.4 is 0 Å². The number of hydrogen-bond acceptors (Lipinski definition) is 1. The van der Waals surface area contributed by atoms with Crippen LogP contribution in [0.5, 0.6) is 0 Å². The van der Waals surface area contributed by atoms with Crippen LogP contribution in [0.2, 0.25) is 0 Å².